The van der Waals surface area contributed by atoms with Crippen molar-refractivity contribution < 1.29 is 18.3 Å². The summed E-state index contributed by atoms with van der Waals surface area (Å²) in [5.41, 5.74) is -0.682. The Morgan fingerprint density at radius 1 is 1.30 bits per heavy atom. The highest BCUT2D eigenvalue weighted by atomic mass is 32.2. The molecule has 1 saturated carbocycles. The second-order valence-electron chi connectivity index (χ2n) is 8.31. The first-order valence-corrected chi connectivity index (χ1v) is 11.0. The summed E-state index contributed by atoms with van der Waals surface area (Å²) in [5, 5.41) is 9.72. The Morgan fingerprint density at radius 2 is 1.96 bits per heavy atom. The number of carboxylic acid groups (broad SMARTS) is 1. The van der Waals surface area contributed by atoms with Gasteiger partial charge >= 0.3 is 5.97 Å². The first-order chi connectivity index (χ1) is 12.6. The zero-order chi connectivity index (χ0) is 20.0. The predicted molar refractivity (Wildman–Crippen MR) is 103 cm³/mol. The summed E-state index contributed by atoms with van der Waals surface area (Å²) < 4.78 is 27.4. The van der Waals surface area contributed by atoms with Crippen LogP contribution < -0.4 is 4.90 Å². The van der Waals surface area contributed by atoms with Crippen LogP contribution >= 0.6 is 0 Å². The maximum atomic E-state index is 12.9. The van der Waals surface area contributed by atoms with Crippen molar-refractivity contribution >= 4 is 21.8 Å². The van der Waals surface area contributed by atoms with Gasteiger partial charge in [0.05, 0.1) is 5.41 Å². The van der Waals surface area contributed by atoms with Crippen LogP contribution in [0.3, 0.4) is 0 Å². The number of aliphatic carboxylic acids is 1. The molecule has 2 fully saturated rings. The second kappa shape index (κ2) is 7.05. The number of pyridine rings is 1. The monoisotopic (exact) mass is 395 g/mol. The quantitative estimate of drug-likeness (QED) is 0.796. The molecule has 27 heavy (non-hydrogen) atoms. The minimum Gasteiger partial charge on any atom is -0.481 e. The molecule has 1 aromatic rings. The molecule has 0 spiro atoms. The number of nitrogens with zero attached hydrogens (tertiary/aromatic N) is 3. The normalized spacial score (nSPS) is 25.6. The largest absolute Gasteiger partial charge is 0.481 e. The van der Waals surface area contributed by atoms with Crippen LogP contribution in [0.4, 0.5) is 5.82 Å². The van der Waals surface area contributed by atoms with E-state index in [4.69, 9.17) is 0 Å². The summed E-state index contributed by atoms with van der Waals surface area (Å²) in [6.45, 7) is 8.52. The van der Waals surface area contributed by atoms with E-state index in [0.717, 1.165) is 12.8 Å². The molecule has 8 heteroatoms. The first kappa shape index (κ1) is 20.1. The van der Waals surface area contributed by atoms with Crippen LogP contribution in [-0.4, -0.2) is 54.0 Å². The van der Waals surface area contributed by atoms with Crippen molar-refractivity contribution in [1.29, 1.82) is 0 Å². The Balaban J connectivity index is 1.83. The summed E-state index contributed by atoms with van der Waals surface area (Å²) in [7, 11) is -3.62. The molecule has 150 valence electrons. The number of carboxylic acids is 1. The predicted octanol–water partition coefficient (Wildman–Crippen LogP) is 2.58. The Labute approximate surface area is 161 Å². The molecular formula is C19H29N3O4S. The van der Waals surface area contributed by atoms with Crippen LogP contribution in [0.2, 0.25) is 0 Å². The van der Waals surface area contributed by atoms with Gasteiger partial charge in [-0.25, -0.2) is 13.4 Å². The summed E-state index contributed by atoms with van der Waals surface area (Å²) in [5.74, 6) is 0.0541. The molecular weight excluding hydrogens is 366 g/mol. The van der Waals surface area contributed by atoms with E-state index in [1.807, 2.05) is 32.6 Å². The first-order valence-electron chi connectivity index (χ1n) is 9.57. The lowest BCUT2D eigenvalue weighted by Gasteiger charge is -2.29. The number of anilines is 1. The fourth-order valence-electron chi connectivity index (χ4n) is 4.80. The van der Waals surface area contributed by atoms with Gasteiger partial charge < -0.3 is 10.0 Å². The SMILES string of the molecule is CC(C)N(C(C)C)S(=O)(=O)c1ccc(N2C[C@@H]3CCC[C@@]3(C(=O)O)C2)nc1. The minimum atomic E-state index is -3.62. The highest BCUT2D eigenvalue weighted by Gasteiger charge is 2.55. The van der Waals surface area contributed by atoms with Crippen molar-refractivity contribution in [2.45, 2.75) is 63.9 Å². The Morgan fingerprint density at radius 3 is 2.44 bits per heavy atom. The van der Waals surface area contributed by atoms with Gasteiger partial charge in [0.15, 0.2) is 0 Å². The molecule has 1 N–H and O–H groups in total. The average Bonchev–Trinajstić information content (AvgIpc) is 3.12. The minimum absolute atomic E-state index is 0.137. The van der Waals surface area contributed by atoms with Gasteiger partial charge in [0.25, 0.3) is 0 Å². The fraction of sp³-hybridized carbons (Fsp3) is 0.684. The van der Waals surface area contributed by atoms with E-state index in [1.165, 1.54) is 10.5 Å². The average molecular weight is 396 g/mol. The van der Waals surface area contributed by atoms with E-state index in [1.54, 1.807) is 12.1 Å². The van der Waals surface area contributed by atoms with Crippen molar-refractivity contribution in [2.24, 2.45) is 11.3 Å². The smallest absolute Gasteiger partial charge is 0.311 e. The van der Waals surface area contributed by atoms with Gasteiger partial charge in [0.1, 0.15) is 10.7 Å². The summed E-state index contributed by atoms with van der Waals surface area (Å²) in [6, 6.07) is 2.98. The molecule has 2 atom stereocenters. The maximum absolute atomic E-state index is 12.9. The van der Waals surface area contributed by atoms with Gasteiger partial charge in [-0.15, -0.1) is 0 Å². The number of aromatic nitrogens is 1. The van der Waals surface area contributed by atoms with Crippen LogP contribution in [0.25, 0.3) is 0 Å². The molecule has 2 aliphatic rings. The van der Waals surface area contributed by atoms with Crippen LogP contribution in [0.1, 0.15) is 47.0 Å². The van der Waals surface area contributed by atoms with Crippen molar-refractivity contribution in [3.8, 4) is 0 Å². The number of fused-ring (bicyclic) bond motifs is 1. The van der Waals surface area contributed by atoms with Crippen molar-refractivity contribution in [1.82, 2.24) is 9.29 Å². The molecule has 0 unspecified atom stereocenters. The molecule has 1 saturated heterocycles. The molecule has 3 rings (SSSR count). The lowest BCUT2D eigenvalue weighted by molar-refractivity contribution is -0.149. The number of rotatable bonds is 6. The van der Waals surface area contributed by atoms with Crippen LogP contribution in [0, 0.1) is 11.3 Å². The van der Waals surface area contributed by atoms with E-state index in [9.17, 15) is 18.3 Å². The van der Waals surface area contributed by atoms with E-state index in [-0.39, 0.29) is 22.9 Å². The Kier molecular flexibility index (Phi) is 5.24. The van der Waals surface area contributed by atoms with E-state index in [0.29, 0.717) is 25.3 Å². The molecule has 0 aromatic carbocycles. The third-order valence-corrected chi connectivity index (χ3v) is 8.17. The zero-order valence-electron chi connectivity index (χ0n) is 16.4. The summed E-state index contributed by atoms with van der Waals surface area (Å²) >= 11 is 0. The van der Waals surface area contributed by atoms with Gasteiger partial charge in [-0.1, -0.05) is 6.42 Å². The number of hydrogen-bond donors (Lipinski definition) is 1. The molecule has 0 amide bonds. The number of carbonyl (C=O) groups is 1. The summed E-state index contributed by atoms with van der Waals surface area (Å²) in [4.78, 5) is 18.4. The topological polar surface area (TPSA) is 90.8 Å². The molecule has 0 radical (unpaired) electrons. The molecule has 1 aliphatic heterocycles. The maximum Gasteiger partial charge on any atom is 0.311 e. The molecule has 7 nitrogen and oxygen atoms in total. The third-order valence-electron chi connectivity index (χ3n) is 5.93. The molecule has 1 aliphatic carbocycles. The fourth-order valence-corrected chi connectivity index (χ4v) is 6.58. The lowest BCUT2D eigenvalue weighted by Crippen LogP contribution is -2.42. The van der Waals surface area contributed by atoms with E-state index < -0.39 is 21.4 Å². The summed E-state index contributed by atoms with van der Waals surface area (Å²) in [6.07, 6.45) is 3.97. The molecule has 2 heterocycles. The van der Waals surface area contributed by atoms with Crippen LogP contribution in [0.5, 0.6) is 0 Å². The van der Waals surface area contributed by atoms with Crippen molar-refractivity contribution in [3.05, 3.63) is 18.3 Å². The standard InChI is InChI=1S/C19H29N3O4S/c1-13(2)22(14(3)4)27(25,26)16-7-8-17(20-10-16)21-11-15-6-5-9-19(15,12-21)18(23)24/h7-8,10,13-15H,5-6,9,11-12H2,1-4H3,(H,23,24)/t15-,19+/m0/s1. The lowest BCUT2D eigenvalue weighted by atomic mass is 9.81. The van der Waals surface area contributed by atoms with Gasteiger partial charge in [-0.3, -0.25) is 4.79 Å². The van der Waals surface area contributed by atoms with E-state index >= 15 is 0 Å². The highest BCUT2D eigenvalue weighted by Crippen LogP contribution is 2.49. The molecule has 0 bridgehead atoms. The third kappa shape index (κ3) is 3.33. The number of sulfonamides is 1. The highest BCUT2D eigenvalue weighted by molar-refractivity contribution is 7.89. The second-order valence-corrected chi connectivity index (χ2v) is 10.1. The zero-order valence-corrected chi connectivity index (χ0v) is 17.2. The van der Waals surface area contributed by atoms with Gasteiger partial charge in [-0.05, 0) is 58.6 Å². The Hall–Kier alpha value is -1.67. The van der Waals surface area contributed by atoms with Gasteiger partial charge in [0, 0.05) is 31.4 Å². The van der Waals surface area contributed by atoms with Gasteiger partial charge in [-0.2, -0.15) is 4.31 Å². The van der Waals surface area contributed by atoms with E-state index in [2.05, 4.69) is 4.98 Å². The number of hydrogen-bond acceptors (Lipinski definition) is 5. The Bertz CT molecular complexity index is 799. The van der Waals surface area contributed by atoms with Crippen LogP contribution in [0.15, 0.2) is 23.2 Å². The van der Waals surface area contributed by atoms with Gasteiger partial charge in [0.2, 0.25) is 10.0 Å². The van der Waals surface area contributed by atoms with Crippen molar-refractivity contribution in [3.63, 3.8) is 0 Å². The van der Waals surface area contributed by atoms with Crippen molar-refractivity contribution in [2.75, 3.05) is 18.0 Å². The molecule has 1 aromatic heterocycles. The van der Waals surface area contributed by atoms with Crippen LogP contribution in [-0.2, 0) is 14.8 Å².